The summed E-state index contributed by atoms with van der Waals surface area (Å²) in [5.41, 5.74) is -0.0538. The number of carbonyl (C=O) groups excluding carboxylic acids is 2. The van der Waals surface area contributed by atoms with Gasteiger partial charge in [0.15, 0.2) is 0 Å². The molecule has 0 atom stereocenters. The molecule has 7 nitrogen and oxygen atoms in total. The van der Waals surface area contributed by atoms with Gasteiger partial charge in [0.1, 0.15) is 17.2 Å². The fourth-order valence-corrected chi connectivity index (χ4v) is 2.93. The molecule has 27 heavy (non-hydrogen) atoms. The Bertz CT molecular complexity index is 1040. The number of para-hydroxylation sites is 1. The molecule has 3 aromatic carbocycles. The van der Waals surface area contributed by atoms with Crippen molar-refractivity contribution in [2.75, 3.05) is 4.90 Å². The molecule has 0 saturated heterocycles. The number of nitro groups is 1. The van der Waals surface area contributed by atoms with Gasteiger partial charge in [0.05, 0.1) is 16.1 Å². The first kappa shape index (κ1) is 16.5. The van der Waals surface area contributed by atoms with Crippen LogP contribution in [0.4, 0.5) is 11.4 Å². The molecular formula is C20H12N2O5. The van der Waals surface area contributed by atoms with Crippen molar-refractivity contribution in [1.82, 2.24) is 0 Å². The van der Waals surface area contributed by atoms with Gasteiger partial charge >= 0.3 is 0 Å². The molecule has 7 heteroatoms. The summed E-state index contributed by atoms with van der Waals surface area (Å²) < 4.78 is 5.69. The van der Waals surface area contributed by atoms with Gasteiger partial charge in [0.2, 0.25) is 0 Å². The van der Waals surface area contributed by atoms with Crippen molar-refractivity contribution < 1.29 is 19.2 Å². The summed E-state index contributed by atoms with van der Waals surface area (Å²) in [6, 6.07) is 19.1. The fourth-order valence-electron chi connectivity index (χ4n) is 2.93. The number of carbonyl (C=O) groups is 2. The molecule has 132 valence electrons. The molecule has 2 amide bonds. The lowest BCUT2D eigenvalue weighted by Crippen LogP contribution is -2.30. The highest BCUT2D eigenvalue weighted by Crippen LogP contribution is 2.38. The zero-order valence-corrected chi connectivity index (χ0v) is 13.9. The lowest BCUT2D eigenvalue weighted by Gasteiger charge is -2.15. The van der Waals surface area contributed by atoms with Crippen LogP contribution in [0.1, 0.15) is 20.7 Å². The monoisotopic (exact) mass is 360 g/mol. The minimum atomic E-state index is -0.634. The lowest BCUT2D eigenvalue weighted by molar-refractivity contribution is -0.384. The molecular weight excluding hydrogens is 348 g/mol. The molecule has 4 rings (SSSR count). The van der Waals surface area contributed by atoms with Crippen LogP contribution in [-0.2, 0) is 0 Å². The summed E-state index contributed by atoms with van der Waals surface area (Å²) in [6.07, 6.45) is 0. The van der Waals surface area contributed by atoms with E-state index in [-0.39, 0.29) is 28.3 Å². The predicted octanol–water partition coefficient (Wildman–Crippen LogP) is 4.19. The minimum absolute atomic E-state index is 0.125. The largest absolute Gasteiger partial charge is 0.457 e. The number of fused-ring (bicyclic) bond motifs is 1. The van der Waals surface area contributed by atoms with Gasteiger partial charge in [-0.15, -0.1) is 0 Å². The molecule has 1 aliphatic heterocycles. The third-order valence-electron chi connectivity index (χ3n) is 4.16. The molecule has 0 aliphatic carbocycles. The zero-order valence-electron chi connectivity index (χ0n) is 13.9. The second-order valence-electron chi connectivity index (χ2n) is 5.81. The number of anilines is 1. The van der Waals surface area contributed by atoms with E-state index in [1.807, 2.05) is 6.07 Å². The number of hydrogen-bond acceptors (Lipinski definition) is 5. The fraction of sp³-hybridized carbons (Fsp3) is 0. The van der Waals surface area contributed by atoms with Crippen molar-refractivity contribution in [2.45, 2.75) is 0 Å². The van der Waals surface area contributed by atoms with E-state index in [0.29, 0.717) is 5.75 Å². The molecule has 1 aliphatic rings. The van der Waals surface area contributed by atoms with Crippen LogP contribution >= 0.6 is 0 Å². The van der Waals surface area contributed by atoms with E-state index in [4.69, 9.17) is 4.74 Å². The van der Waals surface area contributed by atoms with Crippen LogP contribution in [0.2, 0.25) is 0 Å². The van der Waals surface area contributed by atoms with Gasteiger partial charge in [-0.05, 0) is 30.3 Å². The maximum absolute atomic E-state index is 12.7. The van der Waals surface area contributed by atoms with Crippen LogP contribution in [0.3, 0.4) is 0 Å². The molecule has 0 unspecified atom stereocenters. The lowest BCUT2D eigenvalue weighted by atomic mass is 10.1. The first-order valence-corrected chi connectivity index (χ1v) is 8.05. The smallest absolute Gasteiger partial charge is 0.293 e. The van der Waals surface area contributed by atoms with Crippen LogP contribution in [0, 0.1) is 10.1 Å². The summed E-state index contributed by atoms with van der Waals surface area (Å²) >= 11 is 0. The Hall–Kier alpha value is -4.00. The first-order valence-electron chi connectivity index (χ1n) is 8.05. The highest BCUT2D eigenvalue weighted by Gasteiger charge is 2.39. The number of ether oxygens (including phenoxy) is 1. The highest BCUT2D eigenvalue weighted by atomic mass is 16.6. The summed E-state index contributed by atoms with van der Waals surface area (Å²) in [6.45, 7) is 0. The van der Waals surface area contributed by atoms with Crippen LogP contribution in [0.15, 0.2) is 72.8 Å². The van der Waals surface area contributed by atoms with Gasteiger partial charge in [-0.1, -0.05) is 30.3 Å². The molecule has 0 aromatic heterocycles. The Morgan fingerprint density at radius 1 is 0.778 bits per heavy atom. The second kappa shape index (κ2) is 6.38. The van der Waals surface area contributed by atoms with Crippen molar-refractivity contribution >= 4 is 23.2 Å². The van der Waals surface area contributed by atoms with Gasteiger partial charge in [-0.2, -0.15) is 0 Å². The molecule has 0 bridgehead atoms. The van der Waals surface area contributed by atoms with Crippen molar-refractivity contribution in [3.05, 3.63) is 94.0 Å². The van der Waals surface area contributed by atoms with E-state index in [9.17, 15) is 19.7 Å². The Morgan fingerprint density at radius 2 is 1.37 bits per heavy atom. The van der Waals surface area contributed by atoms with E-state index in [1.165, 1.54) is 30.3 Å². The van der Waals surface area contributed by atoms with Gasteiger partial charge in [0, 0.05) is 12.1 Å². The number of hydrogen-bond donors (Lipinski definition) is 0. The summed E-state index contributed by atoms with van der Waals surface area (Å²) in [5, 5.41) is 11.4. The van der Waals surface area contributed by atoms with Gasteiger partial charge < -0.3 is 4.74 Å². The SMILES string of the molecule is O=C1c2ccccc2C(=O)N1c1cc(Oc2ccccc2)ccc1[N+](=O)[O-]. The van der Waals surface area contributed by atoms with E-state index in [0.717, 1.165) is 4.90 Å². The second-order valence-corrected chi connectivity index (χ2v) is 5.81. The number of nitrogens with zero attached hydrogens (tertiary/aromatic N) is 2. The van der Waals surface area contributed by atoms with Gasteiger partial charge in [-0.25, -0.2) is 4.90 Å². The first-order chi connectivity index (χ1) is 13.1. The quantitative estimate of drug-likeness (QED) is 0.395. The summed E-state index contributed by atoms with van der Waals surface area (Å²) in [4.78, 5) is 37.0. The third-order valence-corrected chi connectivity index (χ3v) is 4.16. The third kappa shape index (κ3) is 2.81. The standard InChI is InChI=1S/C20H12N2O5/c23-19-15-8-4-5-9-16(15)20(24)21(19)18-12-14(10-11-17(18)22(25)26)27-13-6-2-1-3-7-13/h1-12H. The van der Waals surface area contributed by atoms with E-state index >= 15 is 0 Å². The van der Waals surface area contributed by atoms with Crippen molar-refractivity contribution in [3.63, 3.8) is 0 Å². The van der Waals surface area contributed by atoms with E-state index in [2.05, 4.69) is 0 Å². The number of rotatable bonds is 4. The molecule has 0 spiro atoms. The number of nitro benzene ring substituents is 1. The van der Waals surface area contributed by atoms with Gasteiger partial charge in [0.25, 0.3) is 17.5 Å². The Balaban J connectivity index is 1.79. The maximum Gasteiger partial charge on any atom is 0.293 e. The Morgan fingerprint density at radius 3 is 1.96 bits per heavy atom. The molecule has 0 radical (unpaired) electrons. The molecule has 0 saturated carbocycles. The number of benzene rings is 3. The van der Waals surface area contributed by atoms with Crippen molar-refractivity contribution in [3.8, 4) is 11.5 Å². The molecule has 3 aromatic rings. The molecule has 0 fully saturated rings. The number of imide groups is 1. The molecule has 1 heterocycles. The minimum Gasteiger partial charge on any atom is -0.457 e. The Labute approximate surface area is 153 Å². The maximum atomic E-state index is 12.7. The summed E-state index contributed by atoms with van der Waals surface area (Å²) in [7, 11) is 0. The van der Waals surface area contributed by atoms with Gasteiger partial charge in [-0.3, -0.25) is 19.7 Å². The van der Waals surface area contributed by atoms with Crippen molar-refractivity contribution in [2.24, 2.45) is 0 Å². The van der Waals surface area contributed by atoms with Crippen LogP contribution < -0.4 is 9.64 Å². The van der Waals surface area contributed by atoms with E-state index in [1.54, 1.807) is 36.4 Å². The normalized spacial score (nSPS) is 12.8. The van der Waals surface area contributed by atoms with Crippen LogP contribution in [0.25, 0.3) is 0 Å². The average molecular weight is 360 g/mol. The summed E-state index contributed by atoms with van der Waals surface area (Å²) in [5.74, 6) is -0.399. The number of amides is 2. The highest BCUT2D eigenvalue weighted by molar-refractivity contribution is 6.35. The molecule has 0 N–H and O–H groups in total. The zero-order chi connectivity index (χ0) is 19.0. The predicted molar refractivity (Wildman–Crippen MR) is 97.2 cm³/mol. The van der Waals surface area contributed by atoms with Crippen molar-refractivity contribution in [1.29, 1.82) is 0 Å². The average Bonchev–Trinajstić information content (AvgIpc) is 2.93. The Kier molecular flexibility index (Phi) is 3.89. The topological polar surface area (TPSA) is 89.8 Å². The van der Waals surface area contributed by atoms with Crippen LogP contribution in [0.5, 0.6) is 11.5 Å². The van der Waals surface area contributed by atoms with E-state index < -0.39 is 16.7 Å². The van der Waals surface area contributed by atoms with Crippen LogP contribution in [-0.4, -0.2) is 16.7 Å².